The van der Waals surface area contributed by atoms with E-state index in [1.54, 1.807) is 23.9 Å². The summed E-state index contributed by atoms with van der Waals surface area (Å²) in [5.74, 6) is 0. The van der Waals surface area contributed by atoms with Gasteiger partial charge in [0.2, 0.25) is 0 Å². The van der Waals surface area contributed by atoms with E-state index in [0.717, 1.165) is 11.4 Å². The lowest BCUT2D eigenvalue weighted by molar-refractivity contribution is 0.399. The number of nitrogen functional groups attached to an aromatic ring is 1. The molecule has 0 aliphatic heterocycles. The quantitative estimate of drug-likeness (QED) is 0.679. The Morgan fingerprint density at radius 2 is 1.90 bits per heavy atom. The Kier molecular flexibility index (Phi) is 4.67. The number of anilines is 1. The molecule has 4 heteroatoms. The Morgan fingerprint density at radius 1 is 1.15 bits per heavy atom. The maximum Gasteiger partial charge on any atom is 0.189 e. The summed E-state index contributed by atoms with van der Waals surface area (Å²) in [5.41, 5.74) is 8.53. The summed E-state index contributed by atoms with van der Waals surface area (Å²) in [5, 5.41) is 0. The predicted molar refractivity (Wildman–Crippen MR) is 85.1 cm³/mol. The number of rotatable bonds is 4. The van der Waals surface area contributed by atoms with E-state index in [-0.39, 0.29) is 0 Å². The highest BCUT2D eigenvalue weighted by atomic mass is 32.2. The summed E-state index contributed by atoms with van der Waals surface area (Å²) in [6.45, 7) is 7.89. The SMILES string of the molecule is [C-]#[N+]c1ccc(Sc2ccccc2CN(C)C)c(N)c1. The predicted octanol–water partition coefficient (Wildman–Crippen LogP) is 4.03. The van der Waals surface area contributed by atoms with Gasteiger partial charge in [0.15, 0.2) is 5.69 Å². The smallest absolute Gasteiger partial charge is 0.189 e. The summed E-state index contributed by atoms with van der Waals surface area (Å²) in [7, 11) is 4.11. The van der Waals surface area contributed by atoms with Gasteiger partial charge in [-0.05, 0) is 31.8 Å². The minimum Gasteiger partial charge on any atom is -0.399 e. The van der Waals surface area contributed by atoms with Crippen molar-refractivity contribution in [2.45, 2.75) is 16.3 Å². The molecule has 20 heavy (non-hydrogen) atoms. The molecule has 0 saturated carbocycles. The summed E-state index contributed by atoms with van der Waals surface area (Å²) >= 11 is 1.65. The van der Waals surface area contributed by atoms with Gasteiger partial charge in [0, 0.05) is 22.0 Å². The second-order valence-corrected chi connectivity index (χ2v) is 5.87. The number of hydrogen-bond donors (Lipinski definition) is 1. The molecule has 102 valence electrons. The lowest BCUT2D eigenvalue weighted by Crippen LogP contribution is -2.11. The standard InChI is InChI=1S/C16H17N3S/c1-18-13-8-9-16(14(17)10-13)20-15-7-5-4-6-12(15)11-19(2)3/h4-10H,11,17H2,2-3H3. The van der Waals surface area contributed by atoms with Gasteiger partial charge in [-0.1, -0.05) is 42.1 Å². The van der Waals surface area contributed by atoms with Crippen molar-refractivity contribution >= 4 is 23.1 Å². The summed E-state index contributed by atoms with van der Waals surface area (Å²) < 4.78 is 0. The molecule has 0 amide bonds. The fourth-order valence-electron chi connectivity index (χ4n) is 1.89. The molecule has 0 radical (unpaired) electrons. The van der Waals surface area contributed by atoms with Crippen LogP contribution in [-0.2, 0) is 6.54 Å². The van der Waals surface area contributed by atoms with Gasteiger partial charge in [-0.2, -0.15) is 0 Å². The molecule has 0 heterocycles. The van der Waals surface area contributed by atoms with Crippen molar-refractivity contribution in [3.05, 3.63) is 59.4 Å². The third-order valence-corrected chi connectivity index (χ3v) is 4.01. The van der Waals surface area contributed by atoms with E-state index in [2.05, 4.69) is 36.0 Å². The number of nitrogens with two attached hydrogens (primary N) is 1. The first-order chi connectivity index (χ1) is 9.60. The topological polar surface area (TPSA) is 33.6 Å². The average Bonchev–Trinajstić information content (AvgIpc) is 2.42. The van der Waals surface area contributed by atoms with Gasteiger partial charge in [0.25, 0.3) is 0 Å². The number of benzene rings is 2. The Balaban J connectivity index is 2.28. The van der Waals surface area contributed by atoms with Gasteiger partial charge >= 0.3 is 0 Å². The molecule has 0 aliphatic carbocycles. The molecular weight excluding hydrogens is 266 g/mol. The summed E-state index contributed by atoms with van der Waals surface area (Å²) in [4.78, 5) is 7.72. The second-order valence-electron chi connectivity index (χ2n) is 4.78. The third-order valence-electron chi connectivity index (χ3n) is 2.80. The maximum atomic E-state index is 7.00. The van der Waals surface area contributed by atoms with Crippen LogP contribution in [0.2, 0.25) is 0 Å². The minimum absolute atomic E-state index is 0.577. The van der Waals surface area contributed by atoms with Crippen LogP contribution in [0.3, 0.4) is 0 Å². The molecule has 0 aromatic heterocycles. The van der Waals surface area contributed by atoms with Crippen molar-refractivity contribution in [1.29, 1.82) is 0 Å². The molecular formula is C16H17N3S. The summed E-state index contributed by atoms with van der Waals surface area (Å²) in [6, 6.07) is 13.8. The third kappa shape index (κ3) is 3.53. The van der Waals surface area contributed by atoms with Crippen LogP contribution in [0, 0.1) is 6.57 Å². The highest BCUT2D eigenvalue weighted by molar-refractivity contribution is 7.99. The number of nitrogens with zero attached hydrogens (tertiary/aromatic N) is 2. The van der Waals surface area contributed by atoms with Gasteiger partial charge in [0.1, 0.15) is 0 Å². The van der Waals surface area contributed by atoms with Gasteiger partial charge in [-0.15, -0.1) is 0 Å². The Bertz CT molecular complexity index is 644. The van der Waals surface area contributed by atoms with E-state index in [4.69, 9.17) is 12.3 Å². The van der Waals surface area contributed by atoms with Crippen molar-refractivity contribution in [1.82, 2.24) is 4.90 Å². The van der Waals surface area contributed by atoms with Crippen LogP contribution < -0.4 is 5.73 Å². The van der Waals surface area contributed by atoms with E-state index in [1.165, 1.54) is 10.5 Å². The molecule has 0 unspecified atom stereocenters. The van der Waals surface area contributed by atoms with Crippen LogP contribution in [0.25, 0.3) is 4.85 Å². The zero-order chi connectivity index (χ0) is 14.5. The second kappa shape index (κ2) is 6.47. The van der Waals surface area contributed by atoms with Gasteiger partial charge in [-0.3, -0.25) is 0 Å². The van der Waals surface area contributed by atoms with Crippen LogP contribution in [0.1, 0.15) is 5.56 Å². The largest absolute Gasteiger partial charge is 0.399 e. The van der Waals surface area contributed by atoms with Gasteiger partial charge in [0.05, 0.1) is 6.57 Å². The van der Waals surface area contributed by atoms with Crippen LogP contribution in [0.15, 0.2) is 52.3 Å². The number of hydrogen-bond acceptors (Lipinski definition) is 3. The first kappa shape index (κ1) is 14.4. The Hall–Kier alpha value is -1.96. The zero-order valence-corrected chi connectivity index (χ0v) is 12.4. The van der Waals surface area contributed by atoms with E-state index < -0.39 is 0 Å². The fourth-order valence-corrected chi connectivity index (χ4v) is 2.85. The molecule has 2 aromatic carbocycles. The lowest BCUT2D eigenvalue weighted by atomic mass is 10.2. The first-order valence-electron chi connectivity index (χ1n) is 6.27. The van der Waals surface area contributed by atoms with E-state index in [0.29, 0.717) is 11.4 Å². The van der Waals surface area contributed by atoms with Crippen molar-refractivity contribution in [2.24, 2.45) is 0 Å². The highest BCUT2D eigenvalue weighted by Crippen LogP contribution is 2.36. The normalized spacial score (nSPS) is 10.5. The average molecular weight is 283 g/mol. The Morgan fingerprint density at radius 3 is 2.55 bits per heavy atom. The first-order valence-corrected chi connectivity index (χ1v) is 7.09. The highest BCUT2D eigenvalue weighted by Gasteiger charge is 2.07. The maximum absolute atomic E-state index is 7.00. The lowest BCUT2D eigenvalue weighted by Gasteiger charge is -2.14. The molecule has 0 aliphatic rings. The van der Waals surface area contributed by atoms with Gasteiger partial charge in [-0.25, -0.2) is 4.85 Å². The molecule has 2 rings (SSSR count). The minimum atomic E-state index is 0.577. The van der Waals surface area contributed by atoms with Crippen LogP contribution in [0.5, 0.6) is 0 Å². The van der Waals surface area contributed by atoms with E-state index >= 15 is 0 Å². The molecule has 0 spiro atoms. The molecule has 0 atom stereocenters. The van der Waals surface area contributed by atoms with E-state index in [1.807, 2.05) is 18.2 Å². The molecule has 2 aromatic rings. The monoisotopic (exact) mass is 283 g/mol. The molecule has 3 nitrogen and oxygen atoms in total. The van der Waals surface area contributed by atoms with Crippen LogP contribution >= 0.6 is 11.8 Å². The molecule has 0 fully saturated rings. The zero-order valence-electron chi connectivity index (χ0n) is 11.6. The molecule has 2 N–H and O–H groups in total. The van der Waals surface area contributed by atoms with Gasteiger partial charge < -0.3 is 10.6 Å². The fraction of sp³-hybridized carbons (Fsp3) is 0.188. The van der Waals surface area contributed by atoms with Crippen molar-refractivity contribution < 1.29 is 0 Å². The van der Waals surface area contributed by atoms with Crippen molar-refractivity contribution in [2.75, 3.05) is 19.8 Å². The van der Waals surface area contributed by atoms with Crippen LogP contribution in [0.4, 0.5) is 11.4 Å². The molecule has 0 bridgehead atoms. The van der Waals surface area contributed by atoms with Crippen LogP contribution in [-0.4, -0.2) is 19.0 Å². The van der Waals surface area contributed by atoms with Crippen molar-refractivity contribution in [3.8, 4) is 0 Å². The van der Waals surface area contributed by atoms with E-state index in [9.17, 15) is 0 Å². The Labute approximate surface area is 124 Å². The van der Waals surface area contributed by atoms with Crippen molar-refractivity contribution in [3.63, 3.8) is 0 Å². The summed E-state index contributed by atoms with van der Waals surface area (Å²) in [6.07, 6.45) is 0. The molecule has 0 saturated heterocycles.